The summed E-state index contributed by atoms with van der Waals surface area (Å²) in [7, 11) is 0. The number of rotatable bonds is 0. The van der Waals surface area contributed by atoms with Crippen LogP contribution in [0.3, 0.4) is 0 Å². The molecule has 2 aromatic heterocycles. The van der Waals surface area contributed by atoms with Crippen molar-refractivity contribution in [3.8, 4) is 5.88 Å². The van der Waals surface area contributed by atoms with Gasteiger partial charge in [0.2, 0.25) is 5.88 Å². The van der Waals surface area contributed by atoms with E-state index in [0.29, 0.717) is 11.0 Å². The molecule has 5 heteroatoms. The van der Waals surface area contributed by atoms with Crippen molar-refractivity contribution in [2.45, 2.75) is 13.8 Å². The standard InChI is InChI=1S/C12H11N3O2/c1-6-3-8-9(4-7(6)2)15-10(5-13-8)11(16)14-12(15)17/h3-5,16H,1-2H3,(H,14,17). The number of aryl methyl sites for hydroxylation is 2. The first-order valence-electron chi connectivity index (χ1n) is 5.27. The van der Waals surface area contributed by atoms with Gasteiger partial charge in [-0.25, -0.2) is 4.79 Å². The summed E-state index contributed by atoms with van der Waals surface area (Å²) < 4.78 is 1.43. The van der Waals surface area contributed by atoms with Crippen LogP contribution in [0.2, 0.25) is 0 Å². The third kappa shape index (κ3) is 1.25. The maximum Gasteiger partial charge on any atom is 0.333 e. The normalized spacial score (nSPS) is 11.4. The van der Waals surface area contributed by atoms with Crippen molar-refractivity contribution in [1.82, 2.24) is 14.4 Å². The van der Waals surface area contributed by atoms with Crippen LogP contribution >= 0.6 is 0 Å². The first-order chi connectivity index (χ1) is 8.08. The lowest BCUT2D eigenvalue weighted by molar-refractivity contribution is 0.461. The molecule has 2 N–H and O–H groups in total. The topological polar surface area (TPSA) is 70.4 Å². The van der Waals surface area contributed by atoms with Crippen LogP contribution in [-0.4, -0.2) is 19.5 Å². The van der Waals surface area contributed by atoms with Crippen molar-refractivity contribution >= 4 is 16.6 Å². The lowest BCUT2D eigenvalue weighted by atomic mass is 10.1. The minimum Gasteiger partial charge on any atom is -0.493 e. The summed E-state index contributed by atoms with van der Waals surface area (Å²) in [5.74, 6) is -0.150. The van der Waals surface area contributed by atoms with Gasteiger partial charge in [0, 0.05) is 0 Å². The van der Waals surface area contributed by atoms with Crippen LogP contribution in [0, 0.1) is 13.8 Å². The summed E-state index contributed by atoms with van der Waals surface area (Å²) in [6.45, 7) is 3.98. The predicted octanol–water partition coefficient (Wildman–Crippen LogP) is 1.50. The van der Waals surface area contributed by atoms with Crippen molar-refractivity contribution in [3.63, 3.8) is 0 Å². The van der Waals surface area contributed by atoms with Gasteiger partial charge in [-0.1, -0.05) is 0 Å². The fraction of sp³-hybridized carbons (Fsp3) is 0.167. The van der Waals surface area contributed by atoms with Crippen molar-refractivity contribution in [3.05, 3.63) is 39.9 Å². The Kier molecular flexibility index (Phi) is 1.80. The number of nitrogens with one attached hydrogen (secondary N) is 1. The Hall–Kier alpha value is -2.30. The Morgan fingerprint density at radius 1 is 1.24 bits per heavy atom. The van der Waals surface area contributed by atoms with E-state index in [1.54, 1.807) is 0 Å². The van der Waals surface area contributed by atoms with Crippen molar-refractivity contribution in [2.24, 2.45) is 0 Å². The zero-order chi connectivity index (χ0) is 12.2. The highest BCUT2D eigenvalue weighted by Crippen LogP contribution is 2.21. The van der Waals surface area contributed by atoms with Crippen LogP contribution < -0.4 is 5.69 Å². The van der Waals surface area contributed by atoms with E-state index in [4.69, 9.17) is 0 Å². The molecule has 86 valence electrons. The molecular formula is C12H11N3O2. The smallest absolute Gasteiger partial charge is 0.333 e. The maximum absolute atomic E-state index is 11.7. The number of hydrogen-bond acceptors (Lipinski definition) is 3. The van der Waals surface area contributed by atoms with Crippen LogP contribution in [0.4, 0.5) is 0 Å². The van der Waals surface area contributed by atoms with Crippen LogP contribution in [0.5, 0.6) is 5.88 Å². The summed E-state index contributed by atoms with van der Waals surface area (Å²) in [5.41, 5.74) is 3.68. The van der Waals surface area contributed by atoms with Crippen LogP contribution in [0.25, 0.3) is 16.6 Å². The fourth-order valence-corrected chi connectivity index (χ4v) is 1.99. The summed E-state index contributed by atoms with van der Waals surface area (Å²) in [6, 6.07) is 3.83. The Bertz CT molecular complexity index is 799. The Labute approximate surface area is 96.4 Å². The average Bonchev–Trinajstić information content (AvgIpc) is 2.56. The lowest BCUT2D eigenvalue weighted by Gasteiger charge is -2.04. The number of benzene rings is 1. The van der Waals surface area contributed by atoms with E-state index in [1.807, 2.05) is 26.0 Å². The number of imidazole rings is 1. The minimum atomic E-state index is -0.354. The third-order valence-corrected chi connectivity index (χ3v) is 3.07. The van der Waals surface area contributed by atoms with Crippen molar-refractivity contribution in [1.29, 1.82) is 0 Å². The van der Waals surface area contributed by atoms with Crippen LogP contribution in [0.1, 0.15) is 11.1 Å². The molecule has 0 amide bonds. The molecule has 3 rings (SSSR count). The van der Waals surface area contributed by atoms with E-state index in [2.05, 4.69) is 9.97 Å². The number of nitrogens with zero attached hydrogens (tertiary/aromatic N) is 2. The molecule has 5 nitrogen and oxygen atoms in total. The van der Waals surface area contributed by atoms with Gasteiger partial charge in [-0.3, -0.25) is 14.4 Å². The van der Waals surface area contributed by atoms with Gasteiger partial charge in [-0.05, 0) is 37.1 Å². The van der Waals surface area contributed by atoms with E-state index in [0.717, 1.165) is 16.6 Å². The highest BCUT2D eigenvalue weighted by atomic mass is 16.3. The van der Waals surface area contributed by atoms with Gasteiger partial charge in [0.1, 0.15) is 5.52 Å². The largest absolute Gasteiger partial charge is 0.493 e. The lowest BCUT2D eigenvalue weighted by Crippen LogP contribution is -2.10. The average molecular weight is 229 g/mol. The molecule has 0 unspecified atom stereocenters. The summed E-state index contributed by atoms with van der Waals surface area (Å²) >= 11 is 0. The molecule has 0 saturated heterocycles. The van der Waals surface area contributed by atoms with Crippen LogP contribution in [-0.2, 0) is 0 Å². The van der Waals surface area contributed by atoms with Crippen molar-refractivity contribution in [2.75, 3.05) is 0 Å². The second-order valence-corrected chi connectivity index (χ2v) is 4.18. The Balaban J connectivity index is 2.64. The number of aromatic amines is 1. The number of fused-ring (bicyclic) bond motifs is 3. The molecular weight excluding hydrogens is 218 g/mol. The quantitative estimate of drug-likeness (QED) is 0.613. The SMILES string of the molecule is Cc1cc2ncc3c(O)[nH]c(=O)n3c2cc1C. The minimum absolute atomic E-state index is 0.150. The number of aromatic hydroxyl groups is 1. The molecule has 2 heterocycles. The monoisotopic (exact) mass is 229 g/mol. The summed E-state index contributed by atoms with van der Waals surface area (Å²) in [6.07, 6.45) is 1.49. The van der Waals surface area contributed by atoms with E-state index >= 15 is 0 Å². The van der Waals surface area contributed by atoms with Gasteiger partial charge in [0.05, 0.1) is 17.2 Å². The second kappa shape index (κ2) is 3.10. The van der Waals surface area contributed by atoms with Gasteiger partial charge < -0.3 is 5.11 Å². The van der Waals surface area contributed by atoms with E-state index < -0.39 is 0 Å². The van der Waals surface area contributed by atoms with Gasteiger partial charge in [-0.15, -0.1) is 0 Å². The second-order valence-electron chi connectivity index (χ2n) is 4.18. The highest BCUT2D eigenvalue weighted by molar-refractivity contribution is 5.80. The van der Waals surface area contributed by atoms with Crippen LogP contribution in [0.15, 0.2) is 23.1 Å². The first kappa shape index (κ1) is 9.89. The molecule has 0 aliphatic heterocycles. The molecule has 0 fully saturated rings. The molecule has 1 aromatic carbocycles. The Morgan fingerprint density at radius 3 is 2.71 bits per heavy atom. The predicted molar refractivity (Wildman–Crippen MR) is 64.5 cm³/mol. The third-order valence-electron chi connectivity index (χ3n) is 3.07. The molecule has 0 aliphatic rings. The van der Waals surface area contributed by atoms with Gasteiger partial charge in [0.25, 0.3) is 0 Å². The molecule has 0 radical (unpaired) electrons. The highest BCUT2D eigenvalue weighted by Gasteiger charge is 2.10. The molecule has 0 bridgehead atoms. The number of aromatic nitrogens is 3. The van der Waals surface area contributed by atoms with Crippen molar-refractivity contribution < 1.29 is 5.11 Å². The molecule has 0 saturated carbocycles. The molecule has 17 heavy (non-hydrogen) atoms. The first-order valence-corrected chi connectivity index (χ1v) is 5.27. The van der Waals surface area contributed by atoms with Gasteiger partial charge in [-0.2, -0.15) is 0 Å². The Morgan fingerprint density at radius 2 is 1.94 bits per heavy atom. The number of H-pyrrole nitrogens is 1. The fourth-order valence-electron chi connectivity index (χ4n) is 1.99. The maximum atomic E-state index is 11.7. The summed E-state index contributed by atoms with van der Waals surface area (Å²) in [5, 5.41) is 9.56. The molecule has 0 spiro atoms. The number of hydrogen-bond donors (Lipinski definition) is 2. The van der Waals surface area contributed by atoms with E-state index in [1.165, 1.54) is 10.6 Å². The zero-order valence-corrected chi connectivity index (χ0v) is 9.48. The van der Waals surface area contributed by atoms with Gasteiger partial charge >= 0.3 is 5.69 Å². The molecule has 0 aliphatic carbocycles. The molecule has 3 aromatic rings. The zero-order valence-electron chi connectivity index (χ0n) is 9.48. The summed E-state index contributed by atoms with van der Waals surface area (Å²) in [4.78, 5) is 18.3. The van der Waals surface area contributed by atoms with Gasteiger partial charge in [0.15, 0.2) is 0 Å². The van der Waals surface area contributed by atoms with E-state index in [9.17, 15) is 9.90 Å². The van der Waals surface area contributed by atoms with E-state index in [-0.39, 0.29) is 11.6 Å². The molecule has 0 atom stereocenters.